The molecule has 14 heavy (non-hydrogen) atoms. The van der Waals surface area contributed by atoms with Gasteiger partial charge >= 0.3 is 6.30 Å². The Morgan fingerprint density at radius 1 is 1.21 bits per heavy atom. The zero-order chi connectivity index (χ0) is 10.6. The van der Waals surface area contributed by atoms with E-state index in [1.54, 1.807) is 24.3 Å². The first-order valence-electron chi connectivity index (χ1n) is 3.78. The van der Waals surface area contributed by atoms with Crippen molar-refractivity contribution in [3.8, 4) is 0 Å². The Morgan fingerprint density at radius 3 is 2.21 bits per heavy atom. The molecular weight excluding hydrogens is 259 g/mol. The Bertz CT molecular complexity index is 316. The van der Waals surface area contributed by atoms with Crippen LogP contribution in [0.1, 0.15) is 11.1 Å². The molecular formula is C9H7BrF3N. The summed E-state index contributed by atoms with van der Waals surface area (Å²) in [4.78, 5) is 2.45. The second-order valence-electron chi connectivity index (χ2n) is 2.60. The molecule has 0 N–H and O–H groups in total. The highest BCUT2D eigenvalue weighted by atomic mass is 79.9. The highest BCUT2D eigenvalue weighted by Gasteiger charge is 2.24. The van der Waals surface area contributed by atoms with Crippen molar-refractivity contribution in [1.82, 2.24) is 0 Å². The average Bonchev–Trinajstić information content (AvgIpc) is 2.14. The molecule has 0 atom stereocenters. The third-order valence-corrected chi connectivity index (χ3v) is 2.14. The van der Waals surface area contributed by atoms with Gasteiger partial charge in [-0.25, -0.2) is 0 Å². The fraction of sp³-hybridized carbons (Fsp3) is 0.222. The van der Waals surface area contributed by atoms with Gasteiger partial charge in [0.15, 0.2) is 0 Å². The first kappa shape index (κ1) is 11.2. The molecule has 0 bridgehead atoms. The summed E-state index contributed by atoms with van der Waals surface area (Å²) in [6, 6.07) is 6.66. The lowest BCUT2D eigenvalue weighted by atomic mass is 10.2. The van der Waals surface area contributed by atoms with Crippen molar-refractivity contribution in [2.45, 2.75) is 11.6 Å². The van der Waals surface area contributed by atoms with Crippen LogP contribution in [0.15, 0.2) is 29.3 Å². The van der Waals surface area contributed by atoms with E-state index in [0.717, 1.165) is 11.8 Å². The zero-order valence-corrected chi connectivity index (χ0v) is 8.64. The van der Waals surface area contributed by atoms with Crippen LogP contribution in [0.3, 0.4) is 0 Å². The van der Waals surface area contributed by atoms with Gasteiger partial charge in [-0.2, -0.15) is 4.99 Å². The van der Waals surface area contributed by atoms with Gasteiger partial charge in [0.1, 0.15) is 0 Å². The van der Waals surface area contributed by atoms with Crippen LogP contribution in [0.5, 0.6) is 0 Å². The van der Waals surface area contributed by atoms with Gasteiger partial charge in [0, 0.05) is 11.5 Å². The van der Waals surface area contributed by atoms with Crippen molar-refractivity contribution >= 4 is 22.1 Å². The van der Waals surface area contributed by atoms with Gasteiger partial charge in [-0.1, -0.05) is 40.2 Å². The molecule has 1 rings (SSSR count). The lowest BCUT2D eigenvalue weighted by Crippen LogP contribution is -2.02. The van der Waals surface area contributed by atoms with E-state index in [2.05, 4.69) is 20.9 Å². The molecule has 0 aliphatic rings. The molecule has 76 valence electrons. The topological polar surface area (TPSA) is 12.4 Å². The lowest BCUT2D eigenvalue weighted by molar-refractivity contribution is -0.119. The minimum Gasteiger partial charge on any atom is -0.192 e. The van der Waals surface area contributed by atoms with Crippen LogP contribution in [0.25, 0.3) is 0 Å². The normalized spacial score (nSPS) is 12.3. The summed E-state index contributed by atoms with van der Waals surface area (Å²) in [6.45, 7) is 0. The van der Waals surface area contributed by atoms with Crippen molar-refractivity contribution in [1.29, 1.82) is 0 Å². The standard InChI is InChI=1S/C9H7BrF3N/c10-5-7-1-3-8(4-2-7)6-14-9(11,12)13/h1-4,6H,5H2. The number of hydrogen-bond donors (Lipinski definition) is 0. The Kier molecular flexibility index (Phi) is 3.69. The molecule has 0 saturated carbocycles. The van der Waals surface area contributed by atoms with Crippen molar-refractivity contribution < 1.29 is 13.2 Å². The Labute approximate surface area is 87.8 Å². The number of rotatable bonds is 2. The van der Waals surface area contributed by atoms with E-state index >= 15 is 0 Å². The molecule has 5 heteroatoms. The summed E-state index contributed by atoms with van der Waals surface area (Å²) in [6.07, 6.45) is -3.69. The molecule has 1 aromatic rings. The minimum absolute atomic E-state index is 0.437. The number of nitrogens with zero attached hydrogens (tertiary/aromatic N) is 1. The molecule has 0 aliphatic carbocycles. The monoisotopic (exact) mass is 265 g/mol. The van der Waals surface area contributed by atoms with Crippen LogP contribution < -0.4 is 0 Å². The maximum absolute atomic E-state index is 11.7. The van der Waals surface area contributed by atoms with Gasteiger partial charge in [-0.15, -0.1) is 13.2 Å². The van der Waals surface area contributed by atoms with Crippen molar-refractivity contribution in [2.24, 2.45) is 4.99 Å². The second kappa shape index (κ2) is 4.59. The van der Waals surface area contributed by atoms with E-state index in [1.807, 2.05) is 0 Å². The second-order valence-corrected chi connectivity index (χ2v) is 3.16. The molecule has 1 nitrogen and oxygen atoms in total. The maximum atomic E-state index is 11.7. The van der Waals surface area contributed by atoms with E-state index in [-0.39, 0.29) is 0 Å². The van der Waals surface area contributed by atoms with Crippen LogP contribution in [-0.4, -0.2) is 12.5 Å². The van der Waals surface area contributed by atoms with Crippen molar-refractivity contribution in [3.63, 3.8) is 0 Å². The van der Waals surface area contributed by atoms with Gasteiger partial charge in [-0.05, 0) is 11.1 Å². The minimum atomic E-state index is -4.49. The van der Waals surface area contributed by atoms with Crippen molar-refractivity contribution in [3.05, 3.63) is 35.4 Å². The van der Waals surface area contributed by atoms with E-state index < -0.39 is 6.30 Å². The molecule has 0 unspecified atom stereocenters. The molecule has 0 saturated heterocycles. The number of hydrogen-bond acceptors (Lipinski definition) is 1. The third-order valence-electron chi connectivity index (χ3n) is 1.49. The molecule has 1 aromatic carbocycles. The number of halogens is 4. The lowest BCUT2D eigenvalue weighted by Gasteiger charge is -1.98. The number of aliphatic imine (C=N–C) groups is 1. The third kappa shape index (κ3) is 3.91. The molecule has 0 aliphatic heterocycles. The van der Waals surface area contributed by atoms with Gasteiger partial charge in [0.25, 0.3) is 0 Å². The zero-order valence-electron chi connectivity index (χ0n) is 7.05. The summed E-state index contributed by atoms with van der Waals surface area (Å²) >= 11 is 3.24. The largest absolute Gasteiger partial charge is 0.503 e. The molecule has 0 amide bonds. The van der Waals surface area contributed by atoms with Gasteiger partial charge in [0.2, 0.25) is 0 Å². The fourth-order valence-electron chi connectivity index (χ4n) is 0.841. The van der Waals surface area contributed by atoms with Crippen LogP contribution in [0, 0.1) is 0 Å². The fourth-order valence-corrected chi connectivity index (χ4v) is 1.21. The van der Waals surface area contributed by atoms with Crippen LogP contribution in [-0.2, 0) is 5.33 Å². The van der Waals surface area contributed by atoms with Crippen molar-refractivity contribution in [2.75, 3.05) is 0 Å². The van der Waals surface area contributed by atoms with Crippen LogP contribution in [0.4, 0.5) is 13.2 Å². The summed E-state index contributed by atoms with van der Waals surface area (Å²) in [5, 5.41) is 0.684. The predicted molar refractivity (Wildman–Crippen MR) is 52.7 cm³/mol. The van der Waals surface area contributed by atoms with E-state index in [9.17, 15) is 13.2 Å². The van der Waals surface area contributed by atoms with Gasteiger partial charge in [0.05, 0.1) is 0 Å². The first-order valence-corrected chi connectivity index (χ1v) is 4.90. The Morgan fingerprint density at radius 2 is 1.79 bits per heavy atom. The molecule has 0 spiro atoms. The molecule has 0 aromatic heterocycles. The van der Waals surface area contributed by atoms with Crippen LogP contribution >= 0.6 is 15.9 Å². The Hall–Kier alpha value is -0.840. The smallest absolute Gasteiger partial charge is 0.192 e. The summed E-state index contributed by atoms with van der Waals surface area (Å²) in [5.74, 6) is 0. The van der Waals surface area contributed by atoms with E-state index in [4.69, 9.17) is 0 Å². The van der Waals surface area contributed by atoms with E-state index in [0.29, 0.717) is 10.9 Å². The van der Waals surface area contributed by atoms with E-state index in [1.165, 1.54) is 0 Å². The van der Waals surface area contributed by atoms with Gasteiger partial charge in [-0.3, -0.25) is 0 Å². The Balaban J connectivity index is 2.74. The number of benzene rings is 1. The quantitative estimate of drug-likeness (QED) is 0.441. The maximum Gasteiger partial charge on any atom is 0.503 e. The number of alkyl halides is 4. The summed E-state index contributed by atoms with van der Waals surface area (Å²) in [5.41, 5.74) is 1.45. The van der Waals surface area contributed by atoms with Crippen LogP contribution in [0.2, 0.25) is 0 Å². The summed E-state index contributed by atoms with van der Waals surface area (Å²) in [7, 11) is 0. The predicted octanol–water partition coefficient (Wildman–Crippen LogP) is 3.52. The highest BCUT2D eigenvalue weighted by molar-refractivity contribution is 9.08. The summed E-state index contributed by atoms with van der Waals surface area (Å²) < 4.78 is 35.0. The SMILES string of the molecule is FC(F)(F)N=Cc1ccc(CBr)cc1. The average molecular weight is 266 g/mol. The molecule has 0 heterocycles. The molecule has 0 radical (unpaired) electrons. The molecule has 0 fully saturated rings. The highest BCUT2D eigenvalue weighted by Crippen LogP contribution is 2.16. The van der Waals surface area contributed by atoms with Gasteiger partial charge < -0.3 is 0 Å². The first-order chi connectivity index (χ1) is 6.51.